The molecule has 0 amide bonds. The fraction of sp³-hybridized carbons (Fsp3) is 0.250. The third kappa shape index (κ3) is 8.02. The topological polar surface area (TPSA) is 46.5 Å². The average Bonchev–Trinajstić information content (AvgIpc) is 3.00. The zero-order chi connectivity index (χ0) is 27.5. The summed E-state index contributed by atoms with van der Waals surface area (Å²) in [6.45, 7) is 5.66. The molecule has 0 bridgehead atoms. The van der Waals surface area contributed by atoms with Gasteiger partial charge in [-0.3, -0.25) is 0 Å². The number of hydrogen-bond donors (Lipinski definition) is 1. The Morgan fingerprint density at radius 3 is 1.33 bits per heavy atom. The molecule has 0 saturated heterocycles. The molecule has 3 heteroatoms. The lowest BCUT2D eigenvalue weighted by Crippen LogP contribution is -2.11. The van der Waals surface area contributed by atoms with Gasteiger partial charge in [0.05, 0.1) is 18.8 Å². The minimum atomic E-state index is -0.532. The first-order valence-electron chi connectivity index (χ1n) is 13.9. The Labute approximate surface area is 232 Å². The molecule has 0 fully saturated rings. The molecular weight excluding hydrogens is 480 g/mol. The van der Waals surface area contributed by atoms with Crippen molar-refractivity contribution < 1.29 is 14.6 Å². The number of aryl methyl sites for hydroxylation is 2. The van der Waals surface area contributed by atoms with Crippen molar-refractivity contribution in [3.8, 4) is 33.4 Å². The third-order valence-electron chi connectivity index (χ3n) is 7.07. The van der Waals surface area contributed by atoms with Crippen LogP contribution in [0.25, 0.3) is 33.4 Å². The molecule has 0 unspecified atom stereocenters. The Hall–Kier alpha value is -3.95. The molecule has 0 saturated carbocycles. The molecule has 4 aromatic carbocycles. The lowest BCUT2D eigenvalue weighted by molar-refractivity contribution is -0.139. The van der Waals surface area contributed by atoms with Crippen molar-refractivity contribution in [2.75, 3.05) is 13.2 Å². The molecular formula is C36H38O3. The van der Waals surface area contributed by atoms with Crippen LogP contribution in [0.3, 0.4) is 0 Å². The van der Waals surface area contributed by atoms with Crippen LogP contribution < -0.4 is 0 Å². The Bertz CT molecular complexity index is 1330. The average molecular weight is 519 g/mol. The number of carbonyl (C=O) groups excluding carboxylic acids is 1. The fourth-order valence-electron chi connectivity index (χ4n) is 4.62. The van der Waals surface area contributed by atoms with Crippen LogP contribution in [-0.2, 0) is 22.4 Å². The van der Waals surface area contributed by atoms with E-state index >= 15 is 0 Å². The normalized spacial score (nSPS) is 10.8. The quantitative estimate of drug-likeness (QED) is 0.110. The van der Waals surface area contributed by atoms with E-state index in [1.807, 2.05) is 0 Å². The van der Waals surface area contributed by atoms with E-state index in [9.17, 15) is 4.79 Å². The first kappa shape index (κ1) is 28.1. The SMILES string of the molecule is C=C(CO)C(=O)OCCCc1ccc(-c2ccc(-c3ccc(-c4ccc(CCCCC)cc4)cc3)cc2)cc1. The van der Waals surface area contributed by atoms with Gasteiger partial charge in [0.2, 0.25) is 0 Å². The summed E-state index contributed by atoms with van der Waals surface area (Å²) in [5.74, 6) is -0.532. The van der Waals surface area contributed by atoms with Crippen LogP contribution in [0, 0.1) is 0 Å². The first-order chi connectivity index (χ1) is 19.1. The number of benzene rings is 4. The molecule has 0 aliphatic rings. The summed E-state index contributed by atoms with van der Waals surface area (Å²) in [7, 11) is 0. The number of rotatable bonds is 13. The van der Waals surface area contributed by atoms with E-state index in [1.54, 1.807) is 0 Å². The summed E-state index contributed by atoms with van der Waals surface area (Å²) in [5.41, 5.74) is 9.95. The number of carbonyl (C=O) groups is 1. The van der Waals surface area contributed by atoms with E-state index in [1.165, 1.54) is 63.8 Å². The van der Waals surface area contributed by atoms with Gasteiger partial charge in [0, 0.05) is 0 Å². The van der Waals surface area contributed by atoms with Crippen molar-refractivity contribution in [3.05, 3.63) is 120 Å². The fourth-order valence-corrected chi connectivity index (χ4v) is 4.62. The highest BCUT2D eigenvalue weighted by Crippen LogP contribution is 2.28. The molecule has 4 rings (SSSR count). The van der Waals surface area contributed by atoms with Crippen LogP contribution in [0.15, 0.2) is 109 Å². The summed E-state index contributed by atoms with van der Waals surface area (Å²) in [5, 5.41) is 8.91. The van der Waals surface area contributed by atoms with Crippen molar-refractivity contribution in [2.24, 2.45) is 0 Å². The van der Waals surface area contributed by atoms with Gasteiger partial charge in [0.25, 0.3) is 0 Å². The van der Waals surface area contributed by atoms with Crippen LogP contribution in [-0.4, -0.2) is 24.3 Å². The zero-order valence-corrected chi connectivity index (χ0v) is 22.9. The molecule has 0 aliphatic carbocycles. The van der Waals surface area contributed by atoms with Crippen LogP contribution in [0.2, 0.25) is 0 Å². The maximum absolute atomic E-state index is 11.5. The molecule has 0 aromatic heterocycles. The standard InChI is InChI=1S/C36H38O3/c1-3-4-5-7-28-9-13-30(14-10-28)32-17-21-34(22-18-32)35-23-19-33(20-24-35)31-15-11-29(12-16-31)8-6-25-39-36(38)27(2)26-37/h9-24,37H,2-8,25-26H2,1H3. The molecule has 200 valence electrons. The minimum absolute atomic E-state index is 0.0843. The predicted octanol–water partition coefficient (Wildman–Crippen LogP) is 8.44. The first-order valence-corrected chi connectivity index (χ1v) is 13.9. The van der Waals surface area contributed by atoms with Gasteiger partial charge in [0.1, 0.15) is 0 Å². The van der Waals surface area contributed by atoms with Crippen LogP contribution in [0.4, 0.5) is 0 Å². The molecule has 0 heterocycles. The highest BCUT2D eigenvalue weighted by Gasteiger charge is 2.07. The van der Waals surface area contributed by atoms with Crippen molar-refractivity contribution >= 4 is 5.97 Å². The summed E-state index contributed by atoms with van der Waals surface area (Å²) in [6.07, 6.45) is 6.52. The number of aliphatic hydroxyl groups is 1. The van der Waals surface area contributed by atoms with Crippen molar-refractivity contribution in [1.29, 1.82) is 0 Å². The maximum Gasteiger partial charge on any atom is 0.335 e. The molecule has 3 nitrogen and oxygen atoms in total. The van der Waals surface area contributed by atoms with E-state index in [-0.39, 0.29) is 12.2 Å². The lowest BCUT2D eigenvalue weighted by Gasteiger charge is -2.09. The molecule has 1 N–H and O–H groups in total. The van der Waals surface area contributed by atoms with E-state index in [0.717, 1.165) is 19.3 Å². The maximum atomic E-state index is 11.5. The van der Waals surface area contributed by atoms with Crippen LogP contribution in [0.1, 0.15) is 43.7 Å². The zero-order valence-electron chi connectivity index (χ0n) is 22.9. The summed E-state index contributed by atoms with van der Waals surface area (Å²) in [6, 6.07) is 35.0. The number of ether oxygens (including phenoxy) is 1. The largest absolute Gasteiger partial charge is 0.462 e. The molecule has 39 heavy (non-hydrogen) atoms. The second-order valence-electron chi connectivity index (χ2n) is 10.0. The van der Waals surface area contributed by atoms with Gasteiger partial charge in [-0.05, 0) is 70.2 Å². The van der Waals surface area contributed by atoms with Crippen LogP contribution in [0.5, 0.6) is 0 Å². The number of hydrogen-bond acceptors (Lipinski definition) is 3. The predicted molar refractivity (Wildman–Crippen MR) is 161 cm³/mol. The van der Waals surface area contributed by atoms with Crippen molar-refractivity contribution in [3.63, 3.8) is 0 Å². The lowest BCUT2D eigenvalue weighted by atomic mass is 9.97. The molecule has 4 aromatic rings. The van der Waals surface area contributed by atoms with Gasteiger partial charge in [-0.25, -0.2) is 4.79 Å². The highest BCUT2D eigenvalue weighted by molar-refractivity contribution is 5.87. The number of esters is 1. The van der Waals surface area contributed by atoms with Gasteiger partial charge in [-0.15, -0.1) is 0 Å². The van der Waals surface area contributed by atoms with Crippen molar-refractivity contribution in [1.82, 2.24) is 0 Å². The molecule has 0 aliphatic heterocycles. The monoisotopic (exact) mass is 518 g/mol. The second kappa shape index (κ2) is 14.3. The number of unbranched alkanes of at least 4 members (excludes halogenated alkanes) is 2. The van der Waals surface area contributed by atoms with Crippen LogP contribution >= 0.6 is 0 Å². The summed E-state index contributed by atoms with van der Waals surface area (Å²) in [4.78, 5) is 11.5. The third-order valence-corrected chi connectivity index (χ3v) is 7.07. The number of aliphatic hydroxyl groups excluding tert-OH is 1. The summed E-state index contributed by atoms with van der Waals surface area (Å²) < 4.78 is 5.11. The molecule has 0 atom stereocenters. The van der Waals surface area contributed by atoms with Gasteiger partial charge < -0.3 is 9.84 Å². The summed E-state index contributed by atoms with van der Waals surface area (Å²) >= 11 is 0. The van der Waals surface area contributed by atoms with Gasteiger partial charge in [-0.1, -0.05) is 123 Å². The van der Waals surface area contributed by atoms with Gasteiger partial charge >= 0.3 is 5.97 Å². The molecule has 0 radical (unpaired) electrons. The minimum Gasteiger partial charge on any atom is -0.462 e. The highest BCUT2D eigenvalue weighted by atomic mass is 16.5. The Balaban J connectivity index is 1.31. The Morgan fingerprint density at radius 1 is 0.615 bits per heavy atom. The van der Waals surface area contributed by atoms with E-state index in [2.05, 4.69) is 111 Å². The second-order valence-corrected chi connectivity index (χ2v) is 10.0. The van der Waals surface area contributed by atoms with Gasteiger partial charge in [-0.2, -0.15) is 0 Å². The van der Waals surface area contributed by atoms with E-state index in [0.29, 0.717) is 6.61 Å². The van der Waals surface area contributed by atoms with Crippen molar-refractivity contribution in [2.45, 2.75) is 45.4 Å². The Kier molecular flexibility index (Phi) is 10.3. The van der Waals surface area contributed by atoms with E-state index in [4.69, 9.17) is 9.84 Å². The van der Waals surface area contributed by atoms with E-state index < -0.39 is 5.97 Å². The van der Waals surface area contributed by atoms with Gasteiger partial charge in [0.15, 0.2) is 0 Å². The Morgan fingerprint density at radius 2 is 0.974 bits per heavy atom. The molecule has 0 spiro atoms. The smallest absolute Gasteiger partial charge is 0.335 e.